The Balaban J connectivity index is 0.744. The van der Waals surface area contributed by atoms with Crippen LogP contribution in [0.2, 0.25) is 0 Å². The SMILES string of the molecule is Cc1c2cc[n+](CCCCCNC(=O)OCc3ccc(NC(=O)C(CCCNC(N)=O)NC(=O)C(NC(=O)COCCOCCOCCn4cc(CCCC(=O)ON5C(=O)CCC5=O)nn4)C(C)C)cc3)cc2c(C)c2c1[nH]c1ccccc12. The van der Waals surface area contributed by atoms with Crippen molar-refractivity contribution >= 4 is 85.9 Å². The van der Waals surface area contributed by atoms with Gasteiger partial charge in [0, 0.05) is 78.4 Å². The summed E-state index contributed by atoms with van der Waals surface area (Å²) in [6.07, 6.45) is 9.56. The summed E-state index contributed by atoms with van der Waals surface area (Å²) in [5.74, 6) is -3.76. The van der Waals surface area contributed by atoms with Gasteiger partial charge in [-0.15, -0.1) is 10.2 Å². The first-order valence-corrected chi connectivity index (χ1v) is 28.5. The first-order valence-electron chi connectivity index (χ1n) is 28.5. The Morgan fingerprint density at radius 1 is 0.774 bits per heavy atom. The second-order valence-corrected chi connectivity index (χ2v) is 20.9. The zero-order chi connectivity index (χ0) is 60.0. The fourth-order valence-electron chi connectivity index (χ4n) is 9.63. The van der Waals surface area contributed by atoms with Crippen LogP contribution in [0.1, 0.15) is 94.0 Å². The molecule has 1 aliphatic rings. The van der Waals surface area contributed by atoms with Crippen LogP contribution in [0.15, 0.2) is 73.2 Å². The number of carbonyl (C=O) groups excluding carboxylic acids is 8. The lowest BCUT2D eigenvalue weighted by molar-refractivity contribution is -0.696. The van der Waals surface area contributed by atoms with Crippen molar-refractivity contribution in [3.8, 4) is 0 Å². The Kier molecular flexibility index (Phi) is 23.8. The molecule has 25 nitrogen and oxygen atoms in total. The monoisotopic (exact) mass is 1160 g/mol. The highest BCUT2D eigenvalue weighted by atomic mass is 16.7. The van der Waals surface area contributed by atoms with Crippen molar-refractivity contribution in [2.75, 3.05) is 58.0 Å². The number of pyridine rings is 1. The van der Waals surface area contributed by atoms with Crippen molar-refractivity contribution in [3.63, 3.8) is 0 Å². The molecule has 1 fully saturated rings. The Morgan fingerprint density at radius 3 is 2.25 bits per heavy atom. The Hall–Kier alpha value is -8.55. The highest BCUT2D eigenvalue weighted by Crippen LogP contribution is 2.36. The van der Waals surface area contributed by atoms with Gasteiger partial charge < -0.3 is 61.1 Å². The van der Waals surface area contributed by atoms with Gasteiger partial charge in [-0.3, -0.25) is 24.0 Å². The average Bonchev–Trinajstić information content (AvgIpc) is 2.05. The molecule has 1 aliphatic heterocycles. The number of hydrogen-bond acceptors (Lipinski definition) is 15. The number of amides is 8. The number of carbonyl (C=O) groups is 8. The summed E-state index contributed by atoms with van der Waals surface area (Å²) in [4.78, 5) is 108. The molecule has 1 saturated heterocycles. The summed E-state index contributed by atoms with van der Waals surface area (Å²) in [5.41, 5.74) is 11.8. The Labute approximate surface area is 486 Å². The van der Waals surface area contributed by atoms with Gasteiger partial charge in [-0.2, -0.15) is 0 Å². The minimum absolute atomic E-state index is 0.00486. The zero-order valence-electron chi connectivity index (χ0n) is 48.1. The van der Waals surface area contributed by atoms with E-state index in [1.54, 1.807) is 49.0 Å². The number of aromatic amines is 1. The van der Waals surface area contributed by atoms with Gasteiger partial charge in [0.15, 0.2) is 12.4 Å². The fraction of sp³-hybridized carbons (Fsp3) is 0.475. The number of imide groups is 1. The minimum atomic E-state index is -1.05. The van der Waals surface area contributed by atoms with E-state index in [1.807, 2.05) is 0 Å². The maximum atomic E-state index is 13.6. The number of hydroxylamine groups is 2. The van der Waals surface area contributed by atoms with Gasteiger partial charge in [0.2, 0.25) is 17.7 Å². The number of unbranched alkanes of at least 4 members (excludes halogenated alkanes) is 2. The van der Waals surface area contributed by atoms with E-state index in [0.717, 1.165) is 31.3 Å². The topological polar surface area (TPSA) is 322 Å². The van der Waals surface area contributed by atoms with Gasteiger partial charge >= 0.3 is 18.1 Å². The maximum Gasteiger partial charge on any atom is 0.407 e. The molecule has 8 N–H and O–H groups in total. The molecule has 25 heteroatoms. The van der Waals surface area contributed by atoms with Gasteiger partial charge in [0.25, 0.3) is 11.8 Å². The third-order valence-corrected chi connectivity index (χ3v) is 14.1. The zero-order valence-corrected chi connectivity index (χ0v) is 48.1. The van der Waals surface area contributed by atoms with E-state index in [2.05, 4.69) is 103 Å². The molecule has 450 valence electrons. The molecule has 2 unspecified atom stereocenters. The summed E-state index contributed by atoms with van der Waals surface area (Å²) in [5, 5.41) is 27.2. The number of rotatable bonds is 34. The molecule has 0 spiro atoms. The molecule has 0 aliphatic carbocycles. The number of primary amides is 1. The molecule has 2 atom stereocenters. The first kappa shape index (κ1) is 63.0. The third-order valence-electron chi connectivity index (χ3n) is 14.1. The number of nitrogens with zero attached hydrogens (tertiary/aromatic N) is 5. The fourth-order valence-corrected chi connectivity index (χ4v) is 9.63. The van der Waals surface area contributed by atoms with Gasteiger partial charge in [-0.25, -0.2) is 23.6 Å². The highest BCUT2D eigenvalue weighted by Gasteiger charge is 2.33. The number of fused-ring (bicyclic) bond motifs is 4. The summed E-state index contributed by atoms with van der Waals surface area (Å²) >= 11 is 0. The lowest BCUT2D eigenvalue weighted by Gasteiger charge is -2.25. The number of benzene rings is 3. The maximum absolute atomic E-state index is 13.6. The summed E-state index contributed by atoms with van der Waals surface area (Å²) < 4.78 is 25.9. The quantitative estimate of drug-likeness (QED) is 0.0163. The van der Waals surface area contributed by atoms with Crippen molar-refractivity contribution in [1.29, 1.82) is 0 Å². The molecule has 7 rings (SSSR count). The number of nitrogens with one attached hydrogen (secondary N) is 6. The van der Waals surface area contributed by atoms with Crippen molar-refractivity contribution in [2.45, 2.75) is 124 Å². The van der Waals surface area contributed by atoms with E-state index >= 15 is 0 Å². The van der Waals surface area contributed by atoms with Gasteiger partial charge in [0.1, 0.15) is 31.8 Å². The largest absolute Gasteiger partial charge is 0.445 e. The van der Waals surface area contributed by atoms with Crippen LogP contribution >= 0.6 is 0 Å². The van der Waals surface area contributed by atoms with Crippen LogP contribution in [0.4, 0.5) is 15.3 Å². The molecule has 0 radical (unpaired) electrons. The molecule has 3 aromatic heterocycles. The van der Waals surface area contributed by atoms with Gasteiger partial charge in [0.05, 0.1) is 50.8 Å². The highest BCUT2D eigenvalue weighted by molar-refractivity contribution is 6.16. The number of nitrogens with two attached hydrogens (primary N) is 1. The summed E-state index contributed by atoms with van der Waals surface area (Å²) in [7, 11) is 0. The number of urea groups is 1. The van der Waals surface area contributed by atoms with Crippen LogP contribution in [0.25, 0.3) is 32.6 Å². The molecular weight excluding hydrogens is 1080 g/mol. The van der Waals surface area contributed by atoms with Crippen LogP contribution in [-0.4, -0.2) is 137 Å². The number of alkyl carbamates (subject to hydrolysis) is 1. The van der Waals surface area contributed by atoms with Crippen molar-refractivity contribution < 1.29 is 66.7 Å². The number of anilines is 1. The summed E-state index contributed by atoms with van der Waals surface area (Å²) in [6, 6.07) is 14.5. The van der Waals surface area contributed by atoms with Crippen molar-refractivity contribution in [2.24, 2.45) is 11.7 Å². The second-order valence-electron chi connectivity index (χ2n) is 20.9. The normalized spacial score (nSPS) is 13.1. The van der Waals surface area contributed by atoms with E-state index in [9.17, 15) is 38.4 Å². The molecule has 0 saturated carbocycles. The average molecular weight is 1160 g/mol. The van der Waals surface area contributed by atoms with Crippen LogP contribution in [-0.2, 0) is 78.7 Å². The minimum Gasteiger partial charge on any atom is -0.445 e. The lowest BCUT2D eigenvalue weighted by Crippen LogP contribution is -2.55. The predicted octanol–water partition coefficient (Wildman–Crippen LogP) is 4.76. The van der Waals surface area contributed by atoms with E-state index in [4.69, 9.17) is 29.5 Å². The molecule has 6 aromatic rings. The van der Waals surface area contributed by atoms with Gasteiger partial charge in [-0.1, -0.05) is 49.4 Å². The smallest absolute Gasteiger partial charge is 0.407 e. The van der Waals surface area contributed by atoms with E-state index in [0.29, 0.717) is 61.0 Å². The van der Waals surface area contributed by atoms with Crippen molar-refractivity contribution in [1.82, 2.24) is 46.3 Å². The molecule has 4 heterocycles. The standard InChI is InChI=1S/C59H76N12O13/c1-38(2)54(66-49(72)37-82-33-32-81-31-30-80-29-28-70-34-43(67-68-70)12-10-16-52(75)84-71-50(73)21-22-51(71)74)57(77)65-48(15-11-25-61-58(60)78)56(76)63-42-19-17-41(18-20-42)36-83-59(79)62-24-8-5-9-26-69-27-23-44-40(4)55-53(39(3)46(44)35-69)45-13-6-7-14-47(45)64-55/h6-7,13-14,17-20,23,27,34-35,38,48,54H,5,8-12,15-16,21-22,24-26,28-33,36-37H2,1-4H3,(H7,60,61,62,63,65,66,72,76,77,78,79)/p+1. The first-order chi connectivity index (χ1) is 40.5. The molecular formula is C59H77N12O13+. The summed E-state index contributed by atoms with van der Waals surface area (Å²) in [6.45, 7) is 10.6. The molecule has 8 amide bonds. The van der Waals surface area contributed by atoms with Crippen molar-refractivity contribution in [3.05, 3.63) is 95.6 Å². The second kappa shape index (κ2) is 31.8. The Bertz CT molecular complexity index is 3240. The number of hydrogen-bond donors (Lipinski definition) is 7. The molecule has 3 aromatic carbocycles. The molecule has 84 heavy (non-hydrogen) atoms. The van der Waals surface area contributed by atoms with E-state index in [-0.39, 0.29) is 77.8 Å². The molecule has 0 bridgehead atoms. The van der Waals surface area contributed by atoms with Crippen LogP contribution in [0, 0.1) is 19.8 Å². The van der Waals surface area contributed by atoms with Crippen LogP contribution in [0.5, 0.6) is 0 Å². The third kappa shape index (κ3) is 18.7. The van der Waals surface area contributed by atoms with Crippen LogP contribution < -0.4 is 36.9 Å². The number of H-pyrrole nitrogens is 1. The lowest BCUT2D eigenvalue weighted by atomic mass is 9.97. The predicted molar refractivity (Wildman–Crippen MR) is 308 cm³/mol. The number of para-hydroxylation sites is 1. The number of aromatic nitrogens is 5. The van der Waals surface area contributed by atoms with Crippen LogP contribution in [0.3, 0.4) is 0 Å². The van der Waals surface area contributed by atoms with Gasteiger partial charge in [-0.05, 0) is 98.6 Å². The van der Waals surface area contributed by atoms with E-state index < -0.39 is 59.7 Å². The van der Waals surface area contributed by atoms with E-state index in [1.165, 1.54) is 38.2 Å². The Morgan fingerprint density at radius 2 is 1.50 bits per heavy atom. The number of aryl methyl sites for hydroxylation is 4. The number of ether oxygens (including phenoxy) is 4.